The Morgan fingerprint density at radius 2 is 2.00 bits per heavy atom. The average molecular weight is 217 g/mol. The molecule has 1 fully saturated rings. The van der Waals surface area contributed by atoms with E-state index in [0.717, 1.165) is 24.4 Å². The summed E-state index contributed by atoms with van der Waals surface area (Å²) < 4.78 is 0. The van der Waals surface area contributed by atoms with Crippen LogP contribution in [-0.4, -0.2) is 12.5 Å². The van der Waals surface area contributed by atoms with E-state index < -0.39 is 0 Å². The molecule has 0 aromatic heterocycles. The lowest BCUT2D eigenvalue weighted by atomic mass is 9.85. The lowest BCUT2D eigenvalue weighted by Crippen LogP contribution is -2.32. The Hall–Kier alpha value is -1.31. The number of hydrogen-bond acceptors (Lipinski definition) is 1. The van der Waals surface area contributed by atoms with Crippen LogP contribution >= 0.6 is 0 Å². The van der Waals surface area contributed by atoms with Crippen molar-refractivity contribution >= 4 is 5.91 Å². The topological polar surface area (TPSA) is 29.1 Å². The molecule has 1 aromatic rings. The van der Waals surface area contributed by atoms with E-state index >= 15 is 0 Å². The summed E-state index contributed by atoms with van der Waals surface area (Å²) in [5, 5.41) is 3.00. The van der Waals surface area contributed by atoms with E-state index in [0.29, 0.717) is 0 Å². The van der Waals surface area contributed by atoms with Crippen molar-refractivity contribution in [3.63, 3.8) is 0 Å². The first-order chi connectivity index (χ1) is 7.79. The molecule has 0 aliphatic heterocycles. The van der Waals surface area contributed by atoms with Crippen molar-refractivity contribution in [1.29, 1.82) is 0 Å². The van der Waals surface area contributed by atoms with Gasteiger partial charge in [-0.05, 0) is 42.9 Å². The zero-order chi connectivity index (χ0) is 11.4. The van der Waals surface area contributed by atoms with Gasteiger partial charge in [0.1, 0.15) is 0 Å². The largest absolute Gasteiger partial charge is 0.352 e. The summed E-state index contributed by atoms with van der Waals surface area (Å²) in [6.07, 6.45) is 4.89. The van der Waals surface area contributed by atoms with Crippen LogP contribution in [0.5, 0.6) is 0 Å². The molecule has 86 valence electrons. The molecule has 2 nitrogen and oxygen atoms in total. The Balaban J connectivity index is 1.86. The van der Waals surface area contributed by atoms with E-state index in [1.807, 2.05) is 24.3 Å². The molecule has 0 unspecified atom stereocenters. The summed E-state index contributed by atoms with van der Waals surface area (Å²) in [6, 6.07) is 7.88. The van der Waals surface area contributed by atoms with E-state index in [4.69, 9.17) is 0 Å². The van der Waals surface area contributed by atoms with E-state index in [9.17, 15) is 4.79 Å². The number of benzene rings is 1. The highest BCUT2D eigenvalue weighted by Gasteiger charge is 2.18. The second kappa shape index (κ2) is 5.15. The standard InChI is InChI=1S/C14H19NO/c1-2-11-6-8-13(9-7-11)14(16)15-10-12-4-3-5-12/h6-9,12H,2-5,10H2,1H3,(H,15,16). The molecule has 0 bridgehead atoms. The molecule has 0 heterocycles. The highest BCUT2D eigenvalue weighted by atomic mass is 16.1. The van der Waals surface area contributed by atoms with Crippen molar-refractivity contribution in [2.45, 2.75) is 32.6 Å². The lowest BCUT2D eigenvalue weighted by molar-refractivity contribution is 0.0939. The molecular formula is C14H19NO. The van der Waals surface area contributed by atoms with Crippen molar-refractivity contribution in [2.24, 2.45) is 5.92 Å². The summed E-state index contributed by atoms with van der Waals surface area (Å²) in [5.41, 5.74) is 2.05. The Kier molecular flexibility index (Phi) is 3.60. The predicted octanol–water partition coefficient (Wildman–Crippen LogP) is 2.78. The number of amides is 1. The predicted molar refractivity (Wildman–Crippen MR) is 65.5 cm³/mol. The van der Waals surface area contributed by atoms with Gasteiger partial charge in [-0.3, -0.25) is 4.79 Å². The zero-order valence-electron chi connectivity index (χ0n) is 9.83. The molecule has 1 aliphatic carbocycles. The molecule has 0 spiro atoms. The monoisotopic (exact) mass is 217 g/mol. The molecular weight excluding hydrogens is 198 g/mol. The van der Waals surface area contributed by atoms with Gasteiger partial charge in [-0.15, -0.1) is 0 Å². The first kappa shape index (κ1) is 11.2. The smallest absolute Gasteiger partial charge is 0.251 e. The summed E-state index contributed by atoms with van der Waals surface area (Å²) >= 11 is 0. The Bertz CT molecular complexity index is 352. The summed E-state index contributed by atoms with van der Waals surface area (Å²) in [4.78, 5) is 11.8. The van der Waals surface area contributed by atoms with Crippen LogP contribution in [0.1, 0.15) is 42.1 Å². The van der Waals surface area contributed by atoms with Crippen molar-refractivity contribution in [2.75, 3.05) is 6.54 Å². The van der Waals surface area contributed by atoms with Crippen molar-refractivity contribution in [3.05, 3.63) is 35.4 Å². The number of rotatable bonds is 4. The number of nitrogens with one attached hydrogen (secondary N) is 1. The summed E-state index contributed by atoms with van der Waals surface area (Å²) in [7, 11) is 0. The average Bonchev–Trinajstić information content (AvgIpc) is 2.27. The molecule has 0 atom stereocenters. The van der Waals surface area contributed by atoms with E-state index in [1.54, 1.807) is 0 Å². The van der Waals surface area contributed by atoms with Gasteiger partial charge < -0.3 is 5.32 Å². The fourth-order valence-corrected chi connectivity index (χ4v) is 1.93. The fourth-order valence-electron chi connectivity index (χ4n) is 1.93. The van der Waals surface area contributed by atoms with Crippen LogP contribution in [0, 0.1) is 5.92 Å². The van der Waals surface area contributed by atoms with E-state index in [1.165, 1.54) is 24.8 Å². The first-order valence-corrected chi connectivity index (χ1v) is 6.16. The second-order valence-corrected chi connectivity index (χ2v) is 4.56. The minimum atomic E-state index is 0.0644. The maximum atomic E-state index is 11.8. The molecule has 16 heavy (non-hydrogen) atoms. The molecule has 1 N–H and O–H groups in total. The van der Waals surface area contributed by atoms with Crippen molar-refractivity contribution < 1.29 is 4.79 Å². The third-order valence-electron chi connectivity index (χ3n) is 3.40. The number of carbonyl (C=O) groups excluding carboxylic acids is 1. The van der Waals surface area contributed by atoms with Crippen LogP contribution in [0.25, 0.3) is 0 Å². The van der Waals surface area contributed by atoms with Crippen LogP contribution < -0.4 is 5.32 Å². The molecule has 2 heteroatoms. The van der Waals surface area contributed by atoms with Crippen molar-refractivity contribution in [3.8, 4) is 0 Å². The minimum Gasteiger partial charge on any atom is -0.352 e. The van der Waals surface area contributed by atoms with Gasteiger partial charge in [0.15, 0.2) is 0 Å². The highest BCUT2D eigenvalue weighted by Crippen LogP contribution is 2.25. The molecule has 0 radical (unpaired) electrons. The Labute approximate surface area is 97.1 Å². The minimum absolute atomic E-state index is 0.0644. The first-order valence-electron chi connectivity index (χ1n) is 6.16. The molecule has 1 amide bonds. The van der Waals surface area contributed by atoms with Gasteiger partial charge in [0.2, 0.25) is 0 Å². The van der Waals surface area contributed by atoms with Gasteiger partial charge in [0.05, 0.1) is 0 Å². The fraction of sp³-hybridized carbons (Fsp3) is 0.500. The Morgan fingerprint density at radius 1 is 1.31 bits per heavy atom. The molecule has 2 rings (SSSR count). The maximum Gasteiger partial charge on any atom is 0.251 e. The van der Waals surface area contributed by atoms with Crippen LogP contribution in [0.15, 0.2) is 24.3 Å². The number of carbonyl (C=O) groups is 1. The third-order valence-corrected chi connectivity index (χ3v) is 3.40. The summed E-state index contributed by atoms with van der Waals surface area (Å²) in [5.74, 6) is 0.786. The SMILES string of the molecule is CCc1ccc(C(=O)NCC2CCC2)cc1. The van der Waals surface area contributed by atoms with Crippen molar-refractivity contribution in [1.82, 2.24) is 5.32 Å². The van der Waals surface area contributed by atoms with Crippen LogP contribution in [-0.2, 0) is 6.42 Å². The zero-order valence-corrected chi connectivity index (χ0v) is 9.83. The van der Waals surface area contributed by atoms with Crippen LogP contribution in [0.3, 0.4) is 0 Å². The van der Waals surface area contributed by atoms with Gasteiger partial charge in [0, 0.05) is 12.1 Å². The highest BCUT2D eigenvalue weighted by molar-refractivity contribution is 5.94. The number of aryl methyl sites for hydroxylation is 1. The molecule has 1 aliphatic rings. The summed E-state index contributed by atoms with van der Waals surface area (Å²) in [6.45, 7) is 2.96. The van der Waals surface area contributed by atoms with Gasteiger partial charge >= 0.3 is 0 Å². The van der Waals surface area contributed by atoms with Gasteiger partial charge in [-0.1, -0.05) is 25.5 Å². The van der Waals surface area contributed by atoms with Gasteiger partial charge in [-0.2, -0.15) is 0 Å². The van der Waals surface area contributed by atoms with Gasteiger partial charge in [-0.25, -0.2) is 0 Å². The molecule has 1 saturated carbocycles. The van der Waals surface area contributed by atoms with E-state index in [2.05, 4.69) is 12.2 Å². The Morgan fingerprint density at radius 3 is 2.50 bits per heavy atom. The van der Waals surface area contributed by atoms with Crippen LogP contribution in [0.4, 0.5) is 0 Å². The number of hydrogen-bond donors (Lipinski definition) is 1. The lowest BCUT2D eigenvalue weighted by Gasteiger charge is -2.25. The normalized spacial score (nSPS) is 15.6. The van der Waals surface area contributed by atoms with Crippen LogP contribution in [0.2, 0.25) is 0 Å². The maximum absolute atomic E-state index is 11.8. The molecule has 0 saturated heterocycles. The second-order valence-electron chi connectivity index (χ2n) is 4.56. The van der Waals surface area contributed by atoms with E-state index in [-0.39, 0.29) is 5.91 Å². The quantitative estimate of drug-likeness (QED) is 0.825. The van der Waals surface area contributed by atoms with Gasteiger partial charge in [0.25, 0.3) is 5.91 Å². The third kappa shape index (κ3) is 2.63. The molecule has 1 aromatic carbocycles.